The van der Waals surface area contributed by atoms with Crippen molar-refractivity contribution >= 4 is 10.8 Å². The monoisotopic (exact) mass is 295 g/mol. The molecule has 0 saturated carbocycles. The van der Waals surface area contributed by atoms with E-state index in [1.54, 1.807) is 0 Å². The minimum atomic E-state index is 0.738. The third-order valence-electron chi connectivity index (χ3n) is 3.99. The molecule has 114 valence electrons. The molecule has 0 amide bonds. The van der Waals surface area contributed by atoms with Crippen LogP contribution in [0.5, 0.6) is 5.75 Å². The van der Waals surface area contributed by atoms with Gasteiger partial charge in [-0.3, -0.25) is 0 Å². The van der Waals surface area contributed by atoms with Gasteiger partial charge in [-0.05, 0) is 56.0 Å². The second-order valence-corrected chi connectivity index (χ2v) is 5.62. The molecule has 0 bridgehead atoms. The topological polar surface area (TPSA) is 35.3 Å². The largest absolute Gasteiger partial charge is 0.494 e. The number of ether oxygens (including phenoxy) is 1. The first kappa shape index (κ1) is 14.6. The Morgan fingerprint density at radius 1 is 1.00 bits per heavy atom. The molecule has 0 fully saturated rings. The zero-order valence-corrected chi connectivity index (χ0v) is 13.1. The summed E-state index contributed by atoms with van der Waals surface area (Å²) in [6, 6.07) is 14.6. The zero-order valence-electron chi connectivity index (χ0n) is 13.1. The van der Waals surface area contributed by atoms with Gasteiger partial charge in [0.1, 0.15) is 11.5 Å². The number of aromatic nitrogens is 1. The molecule has 3 aromatic rings. The van der Waals surface area contributed by atoms with Crippen molar-refractivity contribution in [2.24, 2.45) is 0 Å². The smallest absolute Gasteiger partial charge is 0.137 e. The summed E-state index contributed by atoms with van der Waals surface area (Å²) in [5, 5.41) is 6.45. The van der Waals surface area contributed by atoms with Crippen molar-refractivity contribution in [2.45, 2.75) is 33.1 Å². The molecule has 2 aromatic carbocycles. The van der Waals surface area contributed by atoms with Gasteiger partial charge in [0.15, 0.2) is 0 Å². The highest BCUT2D eigenvalue weighted by atomic mass is 16.5. The van der Waals surface area contributed by atoms with Gasteiger partial charge >= 0.3 is 0 Å². The van der Waals surface area contributed by atoms with E-state index in [0.29, 0.717) is 0 Å². The summed E-state index contributed by atoms with van der Waals surface area (Å²) in [7, 11) is 0. The Labute approximate surface area is 130 Å². The quantitative estimate of drug-likeness (QED) is 0.610. The lowest BCUT2D eigenvalue weighted by Crippen LogP contribution is -1.99. The Bertz CT molecular complexity index is 741. The number of unbranched alkanes of at least 4 members (excludes halogenated alkanes) is 1. The van der Waals surface area contributed by atoms with Gasteiger partial charge in [-0.1, -0.05) is 35.5 Å². The van der Waals surface area contributed by atoms with Crippen LogP contribution in [0.25, 0.3) is 10.8 Å². The summed E-state index contributed by atoms with van der Waals surface area (Å²) in [5.74, 6) is 1.88. The number of hydrogen-bond donors (Lipinski definition) is 0. The van der Waals surface area contributed by atoms with Crippen LogP contribution in [0.2, 0.25) is 0 Å². The Morgan fingerprint density at radius 3 is 2.59 bits per heavy atom. The summed E-state index contributed by atoms with van der Waals surface area (Å²) in [6.07, 6.45) is 3.11. The van der Waals surface area contributed by atoms with E-state index in [1.165, 1.54) is 16.3 Å². The lowest BCUT2D eigenvalue weighted by molar-refractivity contribution is 0.307. The molecule has 0 saturated heterocycles. The fourth-order valence-corrected chi connectivity index (χ4v) is 2.71. The fourth-order valence-electron chi connectivity index (χ4n) is 2.71. The Balaban J connectivity index is 1.48. The van der Waals surface area contributed by atoms with E-state index >= 15 is 0 Å². The van der Waals surface area contributed by atoms with Crippen LogP contribution in [0.1, 0.15) is 29.9 Å². The van der Waals surface area contributed by atoms with Gasteiger partial charge in [0.05, 0.1) is 12.3 Å². The van der Waals surface area contributed by atoms with E-state index in [1.807, 2.05) is 19.9 Å². The van der Waals surface area contributed by atoms with E-state index in [0.717, 1.165) is 43.1 Å². The number of benzene rings is 2. The molecule has 1 aromatic heterocycles. The van der Waals surface area contributed by atoms with Crippen LogP contribution < -0.4 is 4.74 Å². The third kappa shape index (κ3) is 3.30. The highest BCUT2D eigenvalue weighted by molar-refractivity contribution is 5.83. The van der Waals surface area contributed by atoms with Gasteiger partial charge in [0.25, 0.3) is 0 Å². The van der Waals surface area contributed by atoms with Gasteiger partial charge < -0.3 is 9.26 Å². The summed E-state index contributed by atoms with van der Waals surface area (Å²) in [6.45, 7) is 4.71. The molecule has 0 aliphatic carbocycles. The van der Waals surface area contributed by atoms with E-state index in [-0.39, 0.29) is 0 Å². The van der Waals surface area contributed by atoms with Crippen molar-refractivity contribution in [3.05, 3.63) is 59.5 Å². The van der Waals surface area contributed by atoms with Gasteiger partial charge in [0, 0.05) is 5.56 Å². The Kier molecular flexibility index (Phi) is 4.42. The summed E-state index contributed by atoms with van der Waals surface area (Å²) in [4.78, 5) is 0. The molecule has 1 heterocycles. The van der Waals surface area contributed by atoms with Crippen molar-refractivity contribution in [1.82, 2.24) is 5.16 Å². The summed E-state index contributed by atoms with van der Waals surface area (Å²) < 4.78 is 11.0. The predicted molar refractivity (Wildman–Crippen MR) is 88.4 cm³/mol. The van der Waals surface area contributed by atoms with Crippen LogP contribution in [-0.2, 0) is 6.42 Å². The van der Waals surface area contributed by atoms with Crippen LogP contribution in [0.3, 0.4) is 0 Å². The highest BCUT2D eigenvalue weighted by Crippen LogP contribution is 2.21. The van der Waals surface area contributed by atoms with Crippen molar-refractivity contribution in [1.29, 1.82) is 0 Å². The third-order valence-corrected chi connectivity index (χ3v) is 3.99. The molecule has 0 unspecified atom stereocenters. The maximum Gasteiger partial charge on any atom is 0.137 e. The Morgan fingerprint density at radius 2 is 1.82 bits per heavy atom. The molecular weight excluding hydrogens is 274 g/mol. The molecule has 3 rings (SSSR count). The molecule has 3 nitrogen and oxygen atoms in total. The summed E-state index contributed by atoms with van der Waals surface area (Å²) in [5.41, 5.74) is 2.25. The van der Waals surface area contributed by atoms with Gasteiger partial charge in [-0.15, -0.1) is 0 Å². The maximum absolute atomic E-state index is 5.85. The first-order chi connectivity index (χ1) is 10.7. The first-order valence-electron chi connectivity index (χ1n) is 7.77. The van der Waals surface area contributed by atoms with Crippen LogP contribution in [0.4, 0.5) is 0 Å². The molecule has 22 heavy (non-hydrogen) atoms. The number of nitrogens with zero attached hydrogens (tertiary/aromatic N) is 1. The number of rotatable bonds is 6. The van der Waals surface area contributed by atoms with Crippen LogP contribution in [0.15, 0.2) is 47.0 Å². The minimum Gasteiger partial charge on any atom is -0.494 e. The van der Waals surface area contributed by atoms with Crippen molar-refractivity contribution in [3.63, 3.8) is 0 Å². The van der Waals surface area contributed by atoms with E-state index in [2.05, 4.69) is 41.6 Å². The molecule has 0 atom stereocenters. The average molecular weight is 295 g/mol. The van der Waals surface area contributed by atoms with E-state index in [9.17, 15) is 0 Å². The number of hydrogen-bond acceptors (Lipinski definition) is 3. The second kappa shape index (κ2) is 6.65. The molecule has 3 heteroatoms. The normalized spacial score (nSPS) is 11.0. The first-order valence-corrected chi connectivity index (χ1v) is 7.77. The van der Waals surface area contributed by atoms with Gasteiger partial charge in [0.2, 0.25) is 0 Å². The Hall–Kier alpha value is -2.29. The SMILES string of the molecule is Cc1noc(C)c1CCCCOc1ccc2ccccc2c1. The average Bonchev–Trinajstić information content (AvgIpc) is 2.86. The molecule has 0 spiro atoms. The molecule has 0 aliphatic rings. The molecule has 0 aliphatic heterocycles. The van der Waals surface area contributed by atoms with Crippen LogP contribution in [-0.4, -0.2) is 11.8 Å². The number of fused-ring (bicyclic) bond motifs is 1. The van der Waals surface area contributed by atoms with Crippen LogP contribution >= 0.6 is 0 Å². The summed E-state index contributed by atoms with van der Waals surface area (Å²) >= 11 is 0. The zero-order chi connectivity index (χ0) is 15.4. The van der Waals surface area contributed by atoms with E-state index < -0.39 is 0 Å². The van der Waals surface area contributed by atoms with Crippen LogP contribution in [0, 0.1) is 13.8 Å². The van der Waals surface area contributed by atoms with Gasteiger partial charge in [-0.2, -0.15) is 0 Å². The standard InChI is InChI=1S/C19H21NO2/c1-14-19(15(2)22-20-14)9-5-6-12-21-18-11-10-16-7-3-4-8-17(16)13-18/h3-4,7-8,10-11,13H,5-6,9,12H2,1-2H3. The maximum atomic E-state index is 5.85. The van der Waals surface area contributed by atoms with Crippen molar-refractivity contribution < 1.29 is 9.26 Å². The fraction of sp³-hybridized carbons (Fsp3) is 0.316. The lowest BCUT2D eigenvalue weighted by Gasteiger charge is -2.07. The van der Waals surface area contributed by atoms with Crippen molar-refractivity contribution in [3.8, 4) is 5.75 Å². The van der Waals surface area contributed by atoms with Crippen molar-refractivity contribution in [2.75, 3.05) is 6.61 Å². The molecule has 0 N–H and O–H groups in total. The van der Waals surface area contributed by atoms with Gasteiger partial charge in [-0.25, -0.2) is 0 Å². The molecule has 0 radical (unpaired) electrons. The predicted octanol–water partition coefficient (Wildman–Crippen LogP) is 4.85. The second-order valence-electron chi connectivity index (χ2n) is 5.62. The molecular formula is C19H21NO2. The minimum absolute atomic E-state index is 0.738. The highest BCUT2D eigenvalue weighted by Gasteiger charge is 2.07. The lowest BCUT2D eigenvalue weighted by atomic mass is 10.1. The number of aryl methyl sites for hydroxylation is 2. The van der Waals surface area contributed by atoms with E-state index in [4.69, 9.17) is 9.26 Å².